The summed E-state index contributed by atoms with van der Waals surface area (Å²) >= 11 is 6.10. The maximum Gasteiger partial charge on any atom is 0.326 e. The fourth-order valence-corrected chi connectivity index (χ4v) is 2.08. The smallest absolute Gasteiger partial charge is 0.326 e. The lowest BCUT2D eigenvalue weighted by Crippen LogP contribution is -2.40. The van der Waals surface area contributed by atoms with Gasteiger partial charge in [0, 0.05) is 5.39 Å². The monoisotopic (exact) mass is 292 g/mol. The minimum Gasteiger partial charge on any atom is -0.480 e. The summed E-state index contributed by atoms with van der Waals surface area (Å²) in [6.45, 7) is 1.68. The number of fused-ring (bicyclic) bond motifs is 1. The van der Waals surface area contributed by atoms with Gasteiger partial charge in [0.15, 0.2) is 0 Å². The summed E-state index contributed by atoms with van der Waals surface area (Å²) in [7, 11) is 0. The molecule has 1 heterocycles. The average Bonchev–Trinajstić information content (AvgIpc) is 2.44. The zero-order valence-corrected chi connectivity index (χ0v) is 11.5. The van der Waals surface area contributed by atoms with E-state index in [2.05, 4.69) is 10.3 Å². The van der Waals surface area contributed by atoms with Crippen LogP contribution in [0, 0.1) is 0 Å². The number of halogens is 1. The number of carboxylic acid groups (broad SMARTS) is 1. The van der Waals surface area contributed by atoms with Gasteiger partial charge in [0.2, 0.25) is 0 Å². The molecule has 1 aromatic heterocycles. The van der Waals surface area contributed by atoms with Crippen molar-refractivity contribution in [2.24, 2.45) is 0 Å². The number of para-hydroxylation sites is 1. The first-order valence-corrected chi connectivity index (χ1v) is 6.49. The molecular weight excluding hydrogens is 280 g/mol. The molecule has 2 aromatic rings. The van der Waals surface area contributed by atoms with E-state index in [0.717, 1.165) is 5.39 Å². The molecule has 0 aliphatic carbocycles. The summed E-state index contributed by atoms with van der Waals surface area (Å²) in [4.78, 5) is 27.1. The van der Waals surface area contributed by atoms with Gasteiger partial charge in [0.25, 0.3) is 5.91 Å². The van der Waals surface area contributed by atoms with Crippen molar-refractivity contribution in [3.63, 3.8) is 0 Å². The maximum atomic E-state index is 12.0. The molecule has 2 N–H and O–H groups in total. The molecule has 1 aromatic carbocycles. The summed E-state index contributed by atoms with van der Waals surface area (Å²) in [5.74, 6) is -1.63. The number of pyridine rings is 1. The Morgan fingerprint density at radius 3 is 2.75 bits per heavy atom. The maximum absolute atomic E-state index is 12.0. The second-order valence-electron chi connectivity index (χ2n) is 4.28. The van der Waals surface area contributed by atoms with E-state index in [1.807, 2.05) is 6.07 Å². The van der Waals surface area contributed by atoms with Crippen LogP contribution in [-0.2, 0) is 4.79 Å². The standard InChI is InChI=1S/C14H13ClN2O3/c1-2-10(14(19)20)17-13(18)12-7-9(15)8-5-3-4-6-11(8)16-12/h3-7,10H,2H2,1H3,(H,17,18)(H,19,20)/t10-/m0/s1. The zero-order valence-electron chi connectivity index (χ0n) is 10.8. The molecule has 1 atom stereocenters. The lowest BCUT2D eigenvalue weighted by molar-refractivity contribution is -0.139. The van der Waals surface area contributed by atoms with Crippen molar-refractivity contribution in [2.75, 3.05) is 0 Å². The third-order valence-electron chi connectivity index (χ3n) is 2.91. The number of aromatic nitrogens is 1. The highest BCUT2D eigenvalue weighted by Gasteiger charge is 2.20. The third kappa shape index (κ3) is 2.88. The Morgan fingerprint density at radius 1 is 1.40 bits per heavy atom. The van der Waals surface area contributed by atoms with Gasteiger partial charge in [0.05, 0.1) is 10.5 Å². The van der Waals surface area contributed by atoms with Crippen LogP contribution in [-0.4, -0.2) is 28.0 Å². The van der Waals surface area contributed by atoms with Gasteiger partial charge >= 0.3 is 5.97 Å². The molecule has 0 saturated carbocycles. The summed E-state index contributed by atoms with van der Waals surface area (Å²) < 4.78 is 0. The molecule has 1 amide bonds. The first kappa shape index (κ1) is 14.3. The van der Waals surface area contributed by atoms with Crippen LogP contribution in [0.25, 0.3) is 10.9 Å². The first-order valence-electron chi connectivity index (χ1n) is 6.12. The third-order valence-corrected chi connectivity index (χ3v) is 3.22. The van der Waals surface area contributed by atoms with Crippen molar-refractivity contribution < 1.29 is 14.7 Å². The van der Waals surface area contributed by atoms with Crippen molar-refractivity contribution >= 4 is 34.4 Å². The van der Waals surface area contributed by atoms with Gasteiger partial charge in [0.1, 0.15) is 11.7 Å². The molecule has 6 heteroatoms. The van der Waals surface area contributed by atoms with E-state index < -0.39 is 17.9 Å². The van der Waals surface area contributed by atoms with Crippen LogP contribution < -0.4 is 5.32 Å². The average molecular weight is 293 g/mol. The van der Waals surface area contributed by atoms with Crippen molar-refractivity contribution in [1.82, 2.24) is 10.3 Å². The molecule has 0 spiro atoms. The van der Waals surface area contributed by atoms with Gasteiger partial charge in [-0.2, -0.15) is 0 Å². The predicted molar refractivity (Wildman–Crippen MR) is 75.9 cm³/mol. The fourth-order valence-electron chi connectivity index (χ4n) is 1.82. The van der Waals surface area contributed by atoms with Crippen molar-refractivity contribution in [3.05, 3.63) is 41.0 Å². The highest BCUT2D eigenvalue weighted by molar-refractivity contribution is 6.35. The topological polar surface area (TPSA) is 79.3 Å². The predicted octanol–water partition coefficient (Wildman–Crippen LogP) is 2.48. The van der Waals surface area contributed by atoms with Crippen LogP contribution in [0.3, 0.4) is 0 Å². The summed E-state index contributed by atoms with van der Waals surface area (Å²) in [5.41, 5.74) is 0.696. The number of amides is 1. The normalized spacial score (nSPS) is 12.1. The molecule has 0 unspecified atom stereocenters. The molecule has 104 valence electrons. The number of carboxylic acids is 1. The molecular formula is C14H13ClN2O3. The van der Waals surface area contributed by atoms with E-state index in [9.17, 15) is 9.59 Å². The number of hydrogen-bond donors (Lipinski definition) is 2. The van der Waals surface area contributed by atoms with Gasteiger partial charge in [-0.1, -0.05) is 36.7 Å². The molecule has 20 heavy (non-hydrogen) atoms. The fraction of sp³-hybridized carbons (Fsp3) is 0.214. The van der Waals surface area contributed by atoms with E-state index in [4.69, 9.17) is 16.7 Å². The van der Waals surface area contributed by atoms with Crippen molar-refractivity contribution in [3.8, 4) is 0 Å². The van der Waals surface area contributed by atoms with E-state index in [-0.39, 0.29) is 5.69 Å². The lowest BCUT2D eigenvalue weighted by atomic mass is 10.2. The first-order chi connectivity index (χ1) is 9.52. The Morgan fingerprint density at radius 2 is 2.10 bits per heavy atom. The minimum atomic E-state index is -1.08. The van der Waals surface area contributed by atoms with Crippen LogP contribution >= 0.6 is 11.6 Å². The number of nitrogens with one attached hydrogen (secondary N) is 1. The largest absolute Gasteiger partial charge is 0.480 e. The van der Waals surface area contributed by atoms with Gasteiger partial charge < -0.3 is 10.4 Å². The van der Waals surface area contributed by atoms with Crippen LogP contribution in [0.5, 0.6) is 0 Å². The molecule has 0 radical (unpaired) electrons. The summed E-state index contributed by atoms with van der Waals surface area (Å²) in [5, 5.41) is 12.5. The van der Waals surface area contributed by atoms with E-state index >= 15 is 0 Å². The minimum absolute atomic E-state index is 0.105. The van der Waals surface area contributed by atoms with E-state index in [1.54, 1.807) is 25.1 Å². The number of benzene rings is 1. The lowest BCUT2D eigenvalue weighted by Gasteiger charge is -2.12. The molecule has 0 bridgehead atoms. The SMILES string of the molecule is CC[C@H](NC(=O)c1cc(Cl)c2ccccc2n1)C(=O)O. The number of carbonyl (C=O) groups is 2. The van der Waals surface area contributed by atoms with Crippen molar-refractivity contribution in [2.45, 2.75) is 19.4 Å². The second-order valence-corrected chi connectivity index (χ2v) is 4.69. The van der Waals surface area contributed by atoms with E-state index in [1.165, 1.54) is 6.07 Å². The van der Waals surface area contributed by atoms with Crippen LogP contribution in [0.1, 0.15) is 23.8 Å². The second kappa shape index (κ2) is 5.88. The van der Waals surface area contributed by atoms with E-state index in [0.29, 0.717) is 17.0 Å². The molecule has 0 aliphatic rings. The van der Waals surface area contributed by atoms with Gasteiger partial charge in [-0.25, -0.2) is 9.78 Å². The number of nitrogens with zero attached hydrogens (tertiary/aromatic N) is 1. The number of carbonyl (C=O) groups excluding carboxylic acids is 1. The van der Waals surface area contributed by atoms with Gasteiger partial charge in [-0.3, -0.25) is 4.79 Å². The Kier molecular flexibility index (Phi) is 4.20. The Labute approximate surface area is 120 Å². The van der Waals surface area contributed by atoms with Crippen LogP contribution in [0.4, 0.5) is 0 Å². The highest BCUT2D eigenvalue weighted by atomic mass is 35.5. The Bertz CT molecular complexity index is 673. The molecule has 0 fully saturated rings. The zero-order chi connectivity index (χ0) is 14.7. The highest BCUT2D eigenvalue weighted by Crippen LogP contribution is 2.22. The Balaban J connectivity index is 2.33. The van der Waals surface area contributed by atoms with Crippen molar-refractivity contribution in [1.29, 1.82) is 0 Å². The van der Waals surface area contributed by atoms with Gasteiger partial charge in [-0.05, 0) is 18.6 Å². The summed E-state index contributed by atoms with van der Waals surface area (Å²) in [6, 6.07) is 7.67. The number of hydrogen-bond acceptors (Lipinski definition) is 3. The van der Waals surface area contributed by atoms with Gasteiger partial charge in [-0.15, -0.1) is 0 Å². The number of aliphatic carboxylic acids is 1. The molecule has 0 aliphatic heterocycles. The number of rotatable bonds is 4. The molecule has 2 rings (SSSR count). The van der Waals surface area contributed by atoms with Crippen LogP contribution in [0.15, 0.2) is 30.3 Å². The molecule has 0 saturated heterocycles. The molecule has 5 nitrogen and oxygen atoms in total. The Hall–Kier alpha value is -2.14. The van der Waals surface area contributed by atoms with Crippen LogP contribution in [0.2, 0.25) is 5.02 Å². The quantitative estimate of drug-likeness (QED) is 0.907. The summed E-state index contributed by atoms with van der Waals surface area (Å²) in [6.07, 6.45) is 0.294.